The van der Waals surface area contributed by atoms with Gasteiger partial charge in [0.25, 0.3) is 11.8 Å². The summed E-state index contributed by atoms with van der Waals surface area (Å²) in [5.74, 6) is -5.88. The zero-order valence-corrected chi connectivity index (χ0v) is 19.2. The highest BCUT2D eigenvalue weighted by Crippen LogP contribution is 2.38. The Bertz CT molecular complexity index is 1560. The van der Waals surface area contributed by atoms with E-state index >= 15 is 0 Å². The lowest BCUT2D eigenvalue weighted by atomic mass is 10.1. The van der Waals surface area contributed by atoms with Crippen molar-refractivity contribution in [2.75, 3.05) is 14.1 Å². The van der Waals surface area contributed by atoms with Crippen LogP contribution in [0.25, 0.3) is 21.5 Å². The highest BCUT2D eigenvalue weighted by atomic mass is 32.1. The molecular formula is C23H14F5N3O4S. The number of nitrogens with zero attached hydrogens (tertiary/aromatic N) is 3. The average molecular weight is 523 g/mol. The van der Waals surface area contributed by atoms with Crippen molar-refractivity contribution in [3.63, 3.8) is 0 Å². The van der Waals surface area contributed by atoms with Gasteiger partial charge in [-0.15, -0.1) is 11.3 Å². The van der Waals surface area contributed by atoms with E-state index in [1.54, 1.807) is 0 Å². The van der Waals surface area contributed by atoms with E-state index in [9.17, 15) is 36.3 Å². The van der Waals surface area contributed by atoms with Gasteiger partial charge in [0.15, 0.2) is 0 Å². The van der Waals surface area contributed by atoms with Crippen molar-refractivity contribution in [2.45, 2.75) is 6.18 Å². The summed E-state index contributed by atoms with van der Waals surface area (Å²) in [6.45, 7) is 0. The summed E-state index contributed by atoms with van der Waals surface area (Å²) in [6.07, 6.45) is -5.07. The number of aromatic nitrogens is 2. The Hall–Kier alpha value is -4.13. The second kappa shape index (κ2) is 8.82. The predicted octanol–water partition coefficient (Wildman–Crippen LogP) is 5.15. The topological polar surface area (TPSA) is 92.5 Å². The van der Waals surface area contributed by atoms with Gasteiger partial charge in [0, 0.05) is 19.7 Å². The Morgan fingerprint density at radius 1 is 1.03 bits per heavy atom. The number of carboxylic acids is 1. The molecule has 2 heterocycles. The minimum atomic E-state index is -5.07. The number of carboxylic acid groups (broad SMARTS) is 1. The first-order valence-electron chi connectivity index (χ1n) is 9.99. The minimum Gasteiger partial charge on any atom is -0.478 e. The molecule has 0 aliphatic carbocycles. The number of carbonyl (C=O) groups excluding carboxylic acids is 2. The van der Waals surface area contributed by atoms with E-state index in [-0.39, 0.29) is 31.9 Å². The number of hydrogen-bond donors (Lipinski definition) is 1. The Morgan fingerprint density at radius 3 is 2.31 bits per heavy atom. The summed E-state index contributed by atoms with van der Waals surface area (Å²) >= 11 is 0.796. The summed E-state index contributed by atoms with van der Waals surface area (Å²) in [4.78, 5) is 38.2. The van der Waals surface area contributed by atoms with Crippen molar-refractivity contribution in [3.8, 4) is 11.3 Å². The molecule has 0 spiro atoms. The molecule has 0 fully saturated rings. The number of aromatic carboxylic acids is 1. The molecule has 4 rings (SSSR count). The van der Waals surface area contributed by atoms with Crippen molar-refractivity contribution >= 4 is 39.3 Å². The van der Waals surface area contributed by atoms with Gasteiger partial charge < -0.3 is 10.0 Å². The zero-order valence-electron chi connectivity index (χ0n) is 18.4. The third-order valence-corrected chi connectivity index (χ3v) is 6.29. The van der Waals surface area contributed by atoms with E-state index in [1.807, 2.05) is 0 Å². The third-order valence-electron chi connectivity index (χ3n) is 5.17. The van der Waals surface area contributed by atoms with Crippen molar-refractivity contribution in [2.24, 2.45) is 0 Å². The van der Waals surface area contributed by atoms with Crippen LogP contribution >= 0.6 is 11.3 Å². The Morgan fingerprint density at radius 2 is 1.72 bits per heavy atom. The molecule has 4 aromatic rings. The molecule has 36 heavy (non-hydrogen) atoms. The lowest BCUT2D eigenvalue weighted by molar-refractivity contribution is -0.138. The maximum absolute atomic E-state index is 14.9. The monoisotopic (exact) mass is 523 g/mol. The molecule has 0 unspecified atom stereocenters. The first-order chi connectivity index (χ1) is 16.8. The van der Waals surface area contributed by atoms with Crippen LogP contribution in [0.2, 0.25) is 0 Å². The van der Waals surface area contributed by atoms with Gasteiger partial charge in [-0.05, 0) is 36.4 Å². The van der Waals surface area contributed by atoms with E-state index in [0.717, 1.165) is 29.5 Å². The number of carbonyl (C=O) groups is 3. The molecule has 0 aliphatic heterocycles. The quantitative estimate of drug-likeness (QED) is 0.374. The Balaban J connectivity index is 2.00. The van der Waals surface area contributed by atoms with Gasteiger partial charge in [0.2, 0.25) is 0 Å². The second-order valence-electron chi connectivity index (χ2n) is 7.75. The molecule has 0 atom stereocenters. The summed E-state index contributed by atoms with van der Waals surface area (Å²) < 4.78 is 70.6. The van der Waals surface area contributed by atoms with E-state index in [1.165, 1.54) is 25.1 Å². The highest BCUT2D eigenvalue weighted by molar-refractivity contribution is 7.21. The van der Waals surface area contributed by atoms with Crippen molar-refractivity contribution < 1.29 is 41.4 Å². The average Bonchev–Trinajstić information content (AvgIpc) is 3.37. The molecule has 2 aromatic carbocycles. The normalized spacial score (nSPS) is 11.6. The number of hydrogen-bond acceptors (Lipinski definition) is 5. The lowest BCUT2D eigenvalue weighted by Gasteiger charge is -2.13. The van der Waals surface area contributed by atoms with Crippen molar-refractivity contribution in [1.82, 2.24) is 14.7 Å². The molecule has 7 nitrogen and oxygen atoms in total. The molecule has 1 N–H and O–H groups in total. The van der Waals surface area contributed by atoms with Crippen molar-refractivity contribution in [3.05, 3.63) is 75.7 Å². The van der Waals surface area contributed by atoms with Crippen LogP contribution in [-0.2, 0) is 6.18 Å². The van der Waals surface area contributed by atoms with Crippen LogP contribution in [0.5, 0.6) is 0 Å². The van der Waals surface area contributed by atoms with Crippen LogP contribution in [0.1, 0.15) is 36.0 Å². The number of alkyl halides is 3. The van der Waals surface area contributed by atoms with Gasteiger partial charge in [-0.1, -0.05) is 6.07 Å². The first kappa shape index (κ1) is 25.0. The SMILES string of the molecule is CN(C)C(=O)c1cc2c(s1)c(-c1ccc(C(=O)O)cc1F)nn2C(=O)c1c(F)cccc1C(F)(F)F. The smallest absolute Gasteiger partial charge is 0.417 e. The van der Waals surface area contributed by atoms with Gasteiger partial charge in [0.1, 0.15) is 17.3 Å². The molecule has 0 bridgehead atoms. The van der Waals surface area contributed by atoms with E-state index in [0.29, 0.717) is 22.9 Å². The van der Waals surface area contributed by atoms with Crippen LogP contribution in [0.15, 0.2) is 42.5 Å². The third kappa shape index (κ3) is 4.21. The zero-order chi connectivity index (χ0) is 26.5. The molecule has 1 amide bonds. The maximum Gasteiger partial charge on any atom is 0.417 e. The maximum atomic E-state index is 14.9. The van der Waals surface area contributed by atoms with E-state index in [4.69, 9.17) is 5.11 Å². The summed E-state index contributed by atoms with van der Waals surface area (Å²) in [5.41, 5.74) is -3.86. The number of fused-ring (bicyclic) bond motifs is 1. The van der Waals surface area contributed by atoms with Crippen LogP contribution in [0, 0.1) is 11.6 Å². The number of rotatable bonds is 4. The first-order valence-corrected chi connectivity index (χ1v) is 10.8. The Labute approximate surface area is 203 Å². The number of thiophene rings is 1. The van der Waals surface area contributed by atoms with Crippen LogP contribution < -0.4 is 0 Å². The molecule has 2 aromatic heterocycles. The number of halogens is 5. The largest absolute Gasteiger partial charge is 0.478 e. The molecule has 186 valence electrons. The lowest BCUT2D eigenvalue weighted by Crippen LogP contribution is -2.22. The van der Waals surface area contributed by atoms with E-state index < -0.39 is 46.7 Å². The summed E-state index contributed by atoms with van der Waals surface area (Å²) in [6, 6.07) is 6.08. The Kier molecular flexibility index (Phi) is 6.12. The van der Waals surface area contributed by atoms with Crippen LogP contribution in [-0.4, -0.2) is 51.7 Å². The molecular weight excluding hydrogens is 509 g/mol. The molecule has 0 saturated heterocycles. The number of amides is 1. The minimum absolute atomic E-state index is 0.0559. The van der Waals surface area contributed by atoms with Crippen molar-refractivity contribution in [1.29, 1.82) is 0 Å². The van der Waals surface area contributed by atoms with Gasteiger partial charge in [-0.25, -0.2) is 13.6 Å². The number of benzene rings is 2. The van der Waals surface area contributed by atoms with Gasteiger partial charge in [-0.2, -0.15) is 23.0 Å². The standard InChI is InChI=1S/C23H14F5N3O4S/c1-30(2)20(32)16-9-15-19(36-16)18(11-7-6-10(22(34)35)8-14(11)25)29-31(15)21(33)17-12(23(26,27)28)4-3-5-13(17)24/h3-9H,1-2H3,(H,34,35). The molecule has 13 heteroatoms. The summed E-state index contributed by atoms with van der Waals surface area (Å²) in [7, 11) is 2.90. The van der Waals surface area contributed by atoms with Crippen LogP contribution in [0.4, 0.5) is 22.0 Å². The fraction of sp³-hybridized carbons (Fsp3) is 0.130. The summed E-state index contributed by atoms with van der Waals surface area (Å²) in [5, 5.41) is 13.1. The van der Waals surface area contributed by atoms with Gasteiger partial charge >= 0.3 is 12.1 Å². The molecule has 0 saturated carbocycles. The second-order valence-corrected chi connectivity index (χ2v) is 8.80. The predicted molar refractivity (Wildman–Crippen MR) is 119 cm³/mol. The fourth-order valence-corrected chi connectivity index (χ4v) is 4.65. The fourth-order valence-electron chi connectivity index (χ4n) is 3.49. The van der Waals surface area contributed by atoms with Gasteiger partial charge in [-0.3, -0.25) is 9.59 Å². The molecule has 0 radical (unpaired) electrons. The van der Waals surface area contributed by atoms with E-state index in [2.05, 4.69) is 5.10 Å². The molecule has 0 aliphatic rings. The highest BCUT2D eigenvalue weighted by Gasteiger charge is 2.38. The van der Waals surface area contributed by atoms with Gasteiger partial charge in [0.05, 0.1) is 31.8 Å². The van der Waals surface area contributed by atoms with Crippen LogP contribution in [0.3, 0.4) is 0 Å².